The fourth-order valence-corrected chi connectivity index (χ4v) is 3.05. The van der Waals surface area contributed by atoms with E-state index in [9.17, 15) is 14.0 Å². The first-order valence-corrected chi connectivity index (χ1v) is 11.2. The predicted molar refractivity (Wildman–Crippen MR) is 125 cm³/mol. The summed E-state index contributed by atoms with van der Waals surface area (Å²) in [6.45, 7) is 8.21. The summed E-state index contributed by atoms with van der Waals surface area (Å²) in [6, 6.07) is 17.7. The Kier molecular flexibility index (Phi) is 12.4. The highest BCUT2D eigenvalue weighted by Crippen LogP contribution is 2.54. The minimum absolute atomic E-state index is 0.0175. The van der Waals surface area contributed by atoms with Gasteiger partial charge < -0.3 is 9.47 Å². The molecule has 2 aromatic rings. The van der Waals surface area contributed by atoms with Crippen molar-refractivity contribution in [3.05, 3.63) is 84.4 Å². The van der Waals surface area contributed by atoms with Gasteiger partial charge in [-0.25, -0.2) is 14.0 Å². The van der Waals surface area contributed by atoms with Gasteiger partial charge in [-0.2, -0.15) is 0 Å². The van der Waals surface area contributed by atoms with Gasteiger partial charge >= 0.3 is 11.9 Å². The summed E-state index contributed by atoms with van der Waals surface area (Å²) in [4.78, 5) is 22.7. The summed E-state index contributed by atoms with van der Waals surface area (Å²) in [5, 5.41) is 0. The molecule has 0 radical (unpaired) electrons. The zero-order valence-electron chi connectivity index (χ0n) is 18.1. The second-order valence-corrected chi connectivity index (χ2v) is 7.85. The zero-order chi connectivity index (χ0) is 23.1. The molecule has 0 saturated heterocycles. The van der Waals surface area contributed by atoms with Gasteiger partial charge in [0.15, 0.2) is 4.58 Å². The van der Waals surface area contributed by atoms with Gasteiger partial charge in [0.1, 0.15) is 0 Å². The molecule has 1 aliphatic rings. The van der Waals surface area contributed by atoms with Crippen LogP contribution in [0.1, 0.15) is 53.8 Å². The number of hydrogen-bond acceptors (Lipinski definition) is 4. The van der Waals surface area contributed by atoms with Gasteiger partial charge in [0.05, 0.1) is 24.3 Å². The first-order valence-electron chi connectivity index (χ1n) is 10.4. The smallest absolute Gasteiger partial charge is 0.338 e. The van der Waals surface area contributed by atoms with E-state index < -0.39 is 4.58 Å². The van der Waals surface area contributed by atoms with Crippen LogP contribution in [0.25, 0.3) is 0 Å². The Morgan fingerprint density at radius 2 is 1.42 bits per heavy atom. The predicted octanol–water partition coefficient (Wildman–Crippen LogP) is 6.76. The molecule has 0 N–H and O–H groups in total. The summed E-state index contributed by atoms with van der Waals surface area (Å²) in [7, 11) is 0. The van der Waals surface area contributed by atoms with Crippen molar-refractivity contribution >= 4 is 27.9 Å². The Hall–Kier alpha value is -2.47. The molecule has 1 aliphatic carbocycles. The van der Waals surface area contributed by atoms with E-state index >= 15 is 0 Å². The number of carbonyl (C=O) groups excluding carboxylic acids is 2. The van der Waals surface area contributed by atoms with Crippen molar-refractivity contribution in [2.75, 3.05) is 13.2 Å². The van der Waals surface area contributed by atoms with Crippen molar-refractivity contribution in [2.45, 2.75) is 37.7 Å². The molecule has 0 aromatic heterocycles. The number of hydrogen-bond donors (Lipinski definition) is 0. The molecule has 168 valence electrons. The Labute approximate surface area is 192 Å². The second-order valence-electron chi connectivity index (χ2n) is 6.53. The van der Waals surface area contributed by atoms with Crippen LogP contribution in [0.15, 0.2) is 73.3 Å². The van der Waals surface area contributed by atoms with Crippen molar-refractivity contribution in [3.63, 3.8) is 0 Å². The van der Waals surface area contributed by atoms with Crippen LogP contribution in [-0.2, 0) is 9.47 Å². The minimum atomic E-state index is -1.22. The molecule has 2 unspecified atom stereocenters. The highest BCUT2D eigenvalue weighted by Gasteiger charge is 2.52. The number of carbonyl (C=O) groups is 2. The lowest BCUT2D eigenvalue weighted by Crippen LogP contribution is -2.07. The lowest BCUT2D eigenvalue weighted by Gasteiger charge is -2.04. The highest BCUT2D eigenvalue weighted by molar-refractivity contribution is 9.10. The number of benzene rings is 2. The fourth-order valence-electron chi connectivity index (χ4n) is 2.43. The topological polar surface area (TPSA) is 52.6 Å². The number of halogens is 2. The zero-order valence-corrected chi connectivity index (χ0v) is 19.6. The van der Waals surface area contributed by atoms with Gasteiger partial charge in [0.25, 0.3) is 0 Å². The third-order valence-electron chi connectivity index (χ3n) is 4.23. The molecule has 6 heteroatoms. The van der Waals surface area contributed by atoms with Crippen molar-refractivity contribution in [1.29, 1.82) is 0 Å². The number of esters is 2. The molecule has 0 bridgehead atoms. The third-order valence-corrected chi connectivity index (χ3v) is 5.20. The van der Waals surface area contributed by atoms with Crippen LogP contribution in [0, 0.1) is 5.92 Å². The van der Waals surface area contributed by atoms with E-state index in [0.29, 0.717) is 37.0 Å². The molecule has 2 aromatic carbocycles. The maximum atomic E-state index is 13.1. The number of rotatable bonds is 8. The van der Waals surface area contributed by atoms with Crippen LogP contribution in [0.3, 0.4) is 0 Å². The van der Waals surface area contributed by atoms with Crippen LogP contribution in [-0.4, -0.2) is 29.7 Å². The lowest BCUT2D eigenvalue weighted by atomic mass is 10.2. The minimum Gasteiger partial charge on any atom is -0.462 e. The lowest BCUT2D eigenvalue weighted by molar-refractivity contribution is 0.0488. The summed E-state index contributed by atoms with van der Waals surface area (Å²) in [6.07, 6.45) is 3.49. The molecule has 1 fully saturated rings. The van der Waals surface area contributed by atoms with Crippen molar-refractivity contribution < 1.29 is 23.5 Å². The van der Waals surface area contributed by atoms with E-state index in [-0.39, 0.29) is 24.5 Å². The van der Waals surface area contributed by atoms with E-state index in [1.807, 2.05) is 38.1 Å². The maximum Gasteiger partial charge on any atom is 0.338 e. The van der Waals surface area contributed by atoms with Crippen LogP contribution < -0.4 is 0 Å². The van der Waals surface area contributed by atoms with E-state index in [2.05, 4.69) is 22.5 Å². The Bertz CT molecular complexity index is 794. The Balaban J connectivity index is 0.000000293. The average Bonchev–Trinajstić information content (AvgIpc) is 3.42. The average molecular weight is 493 g/mol. The molecule has 2 atom stereocenters. The van der Waals surface area contributed by atoms with Crippen LogP contribution in [0.2, 0.25) is 0 Å². The summed E-state index contributed by atoms with van der Waals surface area (Å²) in [5.74, 6) is -0.640. The van der Waals surface area contributed by atoms with E-state index in [4.69, 9.17) is 9.47 Å². The summed E-state index contributed by atoms with van der Waals surface area (Å²) < 4.78 is 21.9. The Morgan fingerprint density at radius 1 is 1.00 bits per heavy atom. The van der Waals surface area contributed by atoms with E-state index in [1.165, 1.54) is 0 Å². The molecule has 1 saturated carbocycles. The van der Waals surface area contributed by atoms with Crippen molar-refractivity contribution in [1.82, 2.24) is 0 Å². The van der Waals surface area contributed by atoms with Crippen LogP contribution >= 0.6 is 15.9 Å². The SMILES string of the molecule is C=CCCOC(=O)c1ccccc1.CC.O=C(OCCC1CC1(F)Br)c1ccccc1. The van der Waals surface area contributed by atoms with Gasteiger partial charge in [0.2, 0.25) is 0 Å². The molecule has 31 heavy (non-hydrogen) atoms. The summed E-state index contributed by atoms with van der Waals surface area (Å²) >= 11 is 2.96. The maximum absolute atomic E-state index is 13.1. The number of alkyl halides is 2. The molecular formula is C25H30BrFO4. The second kappa shape index (κ2) is 14.5. The molecule has 4 nitrogen and oxygen atoms in total. The quantitative estimate of drug-likeness (QED) is 0.177. The van der Waals surface area contributed by atoms with Crippen LogP contribution in [0.5, 0.6) is 0 Å². The molecular weight excluding hydrogens is 463 g/mol. The molecule has 3 rings (SSSR count). The molecule has 0 amide bonds. The van der Waals surface area contributed by atoms with Crippen molar-refractivity contribution in [3.8, 4) is 0 Å². The van der Waals surface area contributed by atoms with Gasteiger partial charge in [-0.15, -0.1) is 6.58 Å². The van der Waals surface area contributed by atoms with Gasteiger partial charge in [-0.1, -0.05) is 56.3 Å². The summed E-state index contributed by atoms with van der Waals surface area (Å²) in [5.41, 5.74) is 1.12. The standard InChI is InChI=1S/C12H12BrFO2.C11H12O2.C2H6/c13-12(14)8-10(12)6-7-16-11(15)9-4-2-1-3-5-9;1-2-3-9-13-11(12)10-7-5-4-6-8-10;1-2/h1-5,10H,6-8H2;2,4-8H,1,3,9H2;1-2H3. The van der Waals surface area contributed by atoms with E-state index in [0.717, 1.165) is 0 Å². The Morgan fingerprint density at radius 3 is 1.81 bits per heavy atom. The first-order chi connectivity index (χ1) is 14.9. The van der Waals surface area contributed by atoms with Gasteiger partial charge in [0, 0.05) is 5.92 Å². The largest absolute Gasteiger partial charge is 0.462 e. The van der Waals surface area contributed by atoms with E-state index in [1.54, 1.807) is 42.5 Å². The molecule has 0 spiro atoms. The monoisotopic (exact) mass is 492 g/mol. The van der Waals surface area contributed by atoms with Crippen molar-refractivity contribution in [2.24, 2.45) is 5.92 Å². The normalized spacial score (nSPS) is 18.3. The van der Waals surface area contributed by atoms with Gasteiger partial charge in [-0.3, -0.25) is 0 Å². The molecule has 0 heterocycles. The fraction of sp³-hybridized carbons (Fsp3) is 0.360. The van der Waals surface area contributed by atoms with Gasteiger partial charge in [-0.05, 0) is 59.5 Å². The highest BCUT2D eigenvalue weighted by atomic mass is 79.9. The first kappa shape index (κ1) is 26.6. The third kappa shape index (κ3) is 10.4. The number of ether oxygens (including phenoxy) is 2. The molecule has 0 aliphatic heterocycles. The van der Waals surface area contributed by atoms with Crippen LogP contribution in [0.4, 0.5) is 4.39 Å².